The summed E-state index contributed by atoms with van der Waals surface area (Å²) in [6.07, 6.45) is -1.64. The lowest BCUT2D eigenvalue weighted by Gasteiger charge is -2.13. The summed E-state index contributed by atoms with van der Waals surface area (Å²) in [5.74, 6) is 0. The van der Waals surface area contributed by atoms with E-state index in [1.165, 1.54) is 6.07 Å². The molecular formula is C13H20ClF3N2O2S. The quantitative estimate of drug-likeness (QED) is 0.700. The summed E-state index contributed by atoms with van der Waals surface area (Å²) < 4.78 is 64.5. The van der Waals surface area contributed by atoms with E-state index in [1.807, 2.05) is 0 Å². The summed E-state index contributed by atoms with van der Waals surface area (Å²) in [4.78, 5) is -0.737. The van der Waals surface area contributed by atoms with E-state index in [1.54, 1.807) is 0 Å². The van der Waals surface area contributed by atoms with Gasteiger partial charge < -0.3 is 5.73 Å². The number of nitrogens with two attached hydrogens (primary N) is 1. The van der Waals surface area contributed by atoms with Crippen molar-refractivity contribution in [3.05, 3.63) is 29.8 Å². The zero-order valence-corrected chi connectivity index (χ0v) is 13.5. The zero-order valence-electron chi connectivity index (χ0n) is 11.9. The van der Waals surface area contributed by atoms with Gasteiger partial charge in [0.25, 0.3) is 0 Å². The third kappa shape index (κ3) is 6.51. The number of nitrogens with one attached hydrogen (secondary N) is 1. The Hall–Kier alpha value is -0.830. The van der Waals surface area contributed by atoms with Crippen LogP contribution in [-0.4, -0.2) is 21.5 Å². The minimum absolute atomic E-state index is 0. The predicted octanol–water partition coefficient (Wildman–Crippen LogP) is 2.92. The van der Waals surface area contributed by atoms with E-state index < -0.39 is 26.7 Å². The van der Waals surface area contributed by atoms with Crippen LogP contribution < -0.4 is 10.5 Å². The normalized spacial score (nSPS) is 12.0. The van der Waals surface area contributed by atoms with Crippen molar-refractivity contribution in [1.82, 2.24) is 4.72 Å². The van der Waals surface area contributed by atoms with Gasteiger partial charge in [-0.25, -0.2) is 13.1 Å². The molecule has 0 unspecified atom stereocenters. The van der Waals surface area contributed by atoms with Crippen molar-refractivity contribution in [2.45, 2.75) is 36.8 Å². The topological polar surface area (TPSA) is 72.2 Å². The Kier molecular flexibility index (Phi) is 8.99. The Bertz CT molecular complexity index is 550. The van der Waals surface area contributed by atoms with Gasteiger partial charge in [0.2, 0.25) is 10.0 Å². The average molecular weight is 361 g/mol. The number of sulfonamides is 1. The molecule has 0 saturated carbocycles. The van der Waals surface area contributed by atoms with E-state index in [4.69, 9.17) is 5.73 Å². The van der Waals surface area contributed by atoms with Crippen molar-refractivity contribution in [3.8, 4) is 0 Å². The first-order chi connectivity index (χ1) is 9.79. The third-order valence-electron chi connectivity index (χ3n) is 2.90. The molecule has 0 aromatic heterocycles. The van der Waals surface area contributed by atoms with Gasteiger partial charge >= 0.3 is 6.18 Å². The summed E-state index contributed by atoms with van der Waals surface area (Å²) in [6, 6.07) is 4.15. The highest BCUT2D eigenvalue weighted by Gasteiger charge is 2.36. The fourth-order valence-corrected chi connectivity index (χ4v) is 3.14. The first-order valence-corrected chi connectivity index (χ1v) is 8.13. The van der Waals surface area contributed by atoms with E-state index in [0.29, 0.717) is 13.0 Å². The second kappa shape index (κ2) is 9.34. The van der Waals surface area contributed by atoms with Gasteiger partial charge in [0.1, 0.15) is 0 Å². The predicted molar refractivity (Wildman–Crippen MR) is 81.4 cm³/mol. The highest BCUT2D eigenvalue weighted by atomic mass is 35.5. The van der Waals surface area contributed by atoms with Gasteiger partial charge in [-0.15, -0.1) is 12.4 Å². The van der Waals surface area contributed by atoms with Crippen LogP contribution in [0.2, 0.25) is 0 Å². The molecule has 22 heavy (non-hydrogen) atoms. The molecule has 128 valence electrons. The molecule has 1 aromatic rings. The van der Waals surface area contributed by atoms with Gasteiger partial charge in [-0.05, 0) is 31.5 Å². The standard InChI is InChI=1S/C13H19F3N2O2S.ClH/c14-13(15,16)11-7-3-4-8-12(11)21(19,20)18-10-6-2-1-5-9-17;/h3-4,7-8,18H,1-2,5-6,9-10,17H2;1H. The molecule has 0 saturated heterocycles. The smallest absolute Gasteiger partial charge is 0.330 e. The molecule has 0 fully saturated rings. The maximum absolute atomic E-state index is 12.8. The Morgan fingerprint density at radius 3 is 2.23 bits per heavy atom. The lowest BCUT2D eigenvalue weighted by Crippen LogP contribution is -2.27. The minimum atomic E-state index is -4.70. The number of unbranched alkanes of at least 4 members (excludes halogenated alkanes) is 3. The van der Waals surface area contributed by atoms with Crippen molar-refractivity contribution in [3.63, 3.8) is 0 Å². The third-order valence-corrected chi connectivity index (χ3v) is 4.42. The molecule has 4 nitrogen and oxygen atoms in total. The van der Waals surface area contributed by atoms with Crippen molar-refractivity contribution < 1.29 is 21.6 Å². The molecule has 0 aliphatic rings. The molecule has 1 rings (SSSR count). The number of hydrogen-bond donors (Lipinski definition) is 2. The lowest BCUT2D eigenvalue weighted by molar-refractivity contribution is -0.139. The molecule has 0 amide bonds. The average Bonchev–Trinajstić information content (AvgIpc) is 2.42. The van der Waals surface area contributed by atoms with Gasteiger partial charge in [0.05, 0.1) is 10.5 Å². The molecule has 0 spiro atoms. The second-order valence-electron chi connectivity index (χ2n) is 4.59. The van der Waals surface area contributed by atoms with Gasteiger partial charge in [0, 0.05) is 6.54 Å². The van der Waals surface area contributed by atoms with Gasteiger partial charge in [0.15, 0.2) is 0 Å². The molecule has 0 aliphatic carbocycles. The molecule has 0 heterocycles. The fourth-order valence-electron chi connectivity index (χ4n) is 1.84. The van der Waals surface area contributed by atoms with Gasteiger partial charge in [-0.2, -0.15) is 13.2 Å². The van der Waals surface area contributed by atoms with Crippen LogP contribution in [0.3, 0.4) is 0 Å². The SMILES string of the molecule is Cl.NCCCCCCNS(=O)(=O)c1ccccc1C(F)(F)F. The van der Waals surface area contributed by atoms with E-state index >= 15 is 0 Å². The van der Waals surface area contributed by atoms with Crippen LogP contribution in [0.15, 0.2) is 29.2 Å². The molecule has 0 bridgehead atoms. The number of benzene rings is 1. The second-order valence-corrected chi connectivity index (χ2v) is 6.33. The van der Waals surface area contributed by atoms with E-state index in [9.17, 15) is 21.6 Å². The monoisotopic (exact) mass is 360 g/mol. The van der Waals surface area contributed by atoms with Crippen molar-refractivity contribution in [2.75, 3.05) is 13.1 Å². The Morgan fingerprint density at radius 2 is 1.64 bits per heavy atom. The first kappa shape index (κ1) is 21.2. The van der Waals surface area contributed by atoms with Crippen LogP contribution >= 0.6 is 12.4 Å². The molecular weight excluding hydrogens is 341 g/mol. The fraction of sp³-hybridized carbons (Fsp3) is 0.538. The molecule has 9 heteroatoms. The van der Waals surface area contributed by atoms with Crippen LogP contribution in [0, 0.1) is 0 Å². The maximum atomic E-state index is 12.8. The van der Waals surface area contributed by atoms with E-state index in [2.05, 4.69) is 4.72 Å². The summed E-state index contributed by atoms with van der Waals surface area (Å²) in [5, 5.41) is 0. The van der Waals surface area contributed by atoms with Crippen molar-refractivity contribution >= 4 is 22.4 Å². The van der Waals surface area contributed by atoms with Gasteiger partial charge in [-0.1, -0.05) is 25.0 Å². The Balaban J connectivity index is 0.00000441. The van der Waals surface area contributed by atoms with Crippen molar-refractivity contribution in [2.24, 2.45) is 5.73 Å². The van der Waals surface area contributed by atoms with Crippen LogP contribution in [0.1, 0.15) is 31.2 Å². The van der Waals surface area contributed by atoms with Crippen LogP contribution in [-0.2, 0) is 16.2 Å². The number of rotatable bonds is 8. The highest BCUT2D eigenvalue weighted by Crippen LogP contribution is 2.33. The van der Waals surface area contributed by atoms with E-state index in [0.717, 1.165) is 37.5 Å². The Morgan fingerprint density at radius 1 is 1.05 bits per heavy atom. The summed E-state index contributed by atoms with van der Waals surface area (Å²) in [5.41, 5.74) is 4.18. The van der Waals surface area contributed by atoms with Crippen LogP contribution in [0.25, 0.3) is 0 Å². The first-order valence-electron chi connectivity index (χ1n) is 6.65. The molecule has 0 atom stereocenters. The lowest BCUT2D eigenvalue weighted by atomic mass is 10.2. The largest absolute Gasteiger partial charge is 0.417 e. The Labute approximate surface area is 134 Å². The molecule has 1 aromatic carbocycles. The molecule has 0 aliphatic heterocycles. The van der Waals surface area contributed by atoms with Crippen LogP contribution in [0.4, 0.5) is 13.2 Å². The van der Waals surface area contributed by atoms with Crippen LogP contribution in [0.5, 0.6) is 0 Å². The number of halogens is 4. The number of alkyl halides is 3. The van der Waals surface area contributed by atoms with Gasteiger partial charge in [-0.3, -0.25) is 0 Å². The highest BCUT2D eigenvalue weighted by molar-refractivity contribution is 7.89. The minimum Gasteiger partial charge on any atom is -0.330 e. The van der Waals surface area contributed by atoms with Crippen molar-refractivity contribution in [1.29, 1.82) is 0 Å². The molecule has 3 N–H and O–H groups in total. The number of hydrogen-bond acceptors (Lipinski definition) is 3. The summed E-state index contributed by atoms with van der Waals surface area (Å²) >= 11 is 0. The van der Waals surface area contributed by atoms with E-state index in [-0.39, 0.29) is 19.0 Å². The molecule has 0 radical (unpaired) electrons. The zero-order chi connectivity index (χ0) is 15.9. The summed E-state index contributed by atoms with van der Waals surface area (Å²) in [7, 11) is -4.16. The maximum Gasteiger partial charge on any atom is 0.417 e. The summed E-state index contributed by atoms with van der Waals surface area (Å²) in [6.45, 7) is 0.684.